The number of imide groups is 2. The first-order valence-electron chi connectivity index (χ1n) is 9.24. The van der Waals surface area contributed by atoms with Gasteiger partial charge >= 0.3 is 6.03 Å². The third kappa shape index (κ3) is 4.27. The third-order valence-corrected chi connectivity index (χ3v) is 4.29. The van der Waals surface area contributed by atoms with Crippen molar-refractivity contribution in [2.75, 3.05) is 19.1 Å². The number of barbiturate groups is 1. The second kappa shape index (κ2) is 8.69. The monoisotopic (exact) mass is 410 g/mol. The predicted octanol–water partition coefficient (Wildman–Crippen LogP) is 3.16. The van der Waals surface area contributed by atoms with Crippen LogP contribution >= 0.6 is 0 Å². The zero-order valence-electron chi connectivity index (χ0n) is 17.1. The van der Waals surface area contributed by atoms with Gasteiger partial charge in [0, 0.05) is 0 Å². The van der Waals surface area contributed by atoms with Crippen LogP contribution in [0.1, 0.15) is 19.4 Å². The molecule has 156 valence electrons. The maximum atomic E-state index is 13.0. The van der Waals surface area contributed by atoms with Crippen molar-refractivity contribution in [3.63, 3.8) is 0 Å². The van der Waals surface area contributed by atoms with E-state index in [1.54, 1.807) is 42.5 Å². The summed E-state index contributed by atoms with van der Waals surface area (Å²) in [6, 6.07) is 10.6. The third-order valence-electron chi connectivity index (χ3n) is 4.29. The van der Waals surface area contributed by atoms with Crippen LogP contribution in [-0.4, -0.2) is 38.2 Å². The lowest BCUT2D eigenvalue weighted by molar-refractivity contribution is -0.122. The zero-order valence-corrected chi connectivity index (χ0v) is 17.1. The van der Waals surface area contributed by atoms with Crippen LogP contribution in [0.2, 0.25) is 0 Å². The molecule has 0 atom stereocenters. The van der Waals surface area contributed by atoms with Crippen LogP contribution in [0.5, 0.6) is 17.2 Å². The van der Waals surface area contributed by atoms with Gasteiger partial charge in [-0.15, -0.1) is 0 Å². The second-order valence-corrected chi connectivity index (χ2v) is 6.73. The minimum atomic E-state index is -0.814. The molecule has 3 rings (SSSR count). The molecular formula is C22H22N2O6. The molecule has 1 saturated heterocycles. The Kier molecular flexibility index (Phi) is 6.06. The van der Waals surface area contributed by atoms with Gasteiger partial charge in [0.25, 0.3) is 11.8 Å². The van der Waals surface area contributed by atoms with E-state index in [-0.39, 0.29) is 11.7 Å². The number of methoxy groups -OCH3 is 2. The molecule has 0 spiro atoms. The Bertz CT molecular complexity index is 1010. The van der Waals surface area contributed by atoms with Crippen molar-refractivity contribution in [3.8, 4) is 17.2 Å². The summed E-state index contributed by atoms with van der Waals surface area (Å²) in [4.78, 5) is 38.5. The zero-order chi connectivity index (χ0) is 21.8. The molecule has 1 N–H and O–H groups in total. The number of nitrogens with zero attached hydrogens (tertiary/aromatic N) is 1. The van der Waals surface area contributed by atoms with Crippen LogP contribution in [0.25, 0.3) is 6.08 Å². The molecule has 0 bridgehead atoms. The van der Waals surface area contributed by atoms with Gasteiger partial charge in [-0.1, -0.05) is 6.07 Å². The van der Waals surface area contributed by atoms with Gasteiger partial charge in [-0.2, -0.15) is 0 Å². The predicted molar refractivity (Wildman–Crippen MR) is 111 cm³/mol. The van der Waals surface area contributed by atoms with Gasteiger partial charge in [-0.25, -0.2) is 9.69 Å². The van der Waals surface area contributed by atoms with Crippen molar-refractivity contribution in [2.24, 2.45) is 0 Å². The molecule has 2 aromatic rings. The number of hydrogen-bond acceptors (Lipinski definition) is 6. The number of hydrogen-bond donors (Lipinski definition) is 1. The summed E-state index contributed by atoms with van der Waals surface area (Å²) in [7, 11) is 3.01. The topological polar surface area (TPSA) is 94.2 Å². The van der Waals surface area contributed by atoms with Gasteiger partial charge in [-0.3, -0.25) is 14.9 Å². The Morgan fingerprint density at radius 1 is 0.933 bits per heavy atom. The summed E-state index contributed by atoms with van der Waals surface area (Å²) >= 11 is 0. The Hall–Kier alpha value is -3.81. The van der Waals surface area contributed by atoms with Crippen molar-refractivity contribution in [2.45, 2.75) is 20.0 Å². The Labute approximate surface area is 174 Å². The fourth-order valence-corrected chi connectivity index (χ4v) is 2.92. The summed E-state index contributed by atoms with van der Waals surface area (Å²) in [6.07, 6.45) is 1.36. The largest absolute Gasteiger partial charge is 0.497 e. The van der Waals surface area contributed by atoms with E-state index in [1.807, 2.05) is 13.8 Å². The lowest BCUT2D eigenvalue weighted by Gasteiger charge is -2.26. The molecule has 0 unspecified atom stereocenters. The molecule has 2 aromatic carbocycles. The van der Waals surface area contributed by atoms with Crippen LogP contribution in [-0.2, 0) is 9.59 Å². The molecular weight excluding hydrogens is 388 g/mol. The van der Waals surface area contributed by atoms with Crippen LogP contribution in [0, 0.1) is 0 Å². The van der Waals surface area contributed by atoms with E-state index < -0.39 is 17.8 Å². The van der Waals surface area contributed by atoms with Crippen LogP contribution in [0.4, 0.5) is 10.5 Å². The van der Waals surface area contributed by atoms with Crippen molar-refractivity contribution < 1.29 is 28.6 Å². The molecule has 0 saturated carbocycles. The number of urea groups is 1. The lowest BCUT2D eigenvalue weighted by atomic mass is 10.1. The van der Waals surface area contributed by atoms with E-state index in [1.165, 1.54) is 20.3 Å². The molecule has 0 aromatic heterocycles. The molecule has 8 nitrogen and oxygen atoms in total. The summed E-state index contributed by atoms with van der Waals surface area (Å²) in [5.74, 6) is 0.0896. The smallest absolute Gasteiger partial charge is 0.335 e. The first-order chi connectivity index (χ1) is 14.3. The average molecular weight is 410 g/mol. The first kappa shape index (κ1) is 20.9. The second-order valence-electron chi connectivity index (χ2n) is 6.73. The molecule has 0 radical (unpaired) electrons. The van der Waals surface area contributed by atoms with E-state index in [4.69, 9.17) is 14.2 Å². The van der Waals surface area contributed by atoms with Crippen molar-refractivity contribution >= 4 is 29.6 Å². The Balaban J connectivity index is 1.95. The molecule has 1 aliphatic heterocycles. The van der Waals surface area contributed by atoms with E-state index in [0.717, 1.165) is 4.90 Å². The normalized spacial score (nSPS) is 15.4. The molecule has 1 fully saturated rings. The Morgan fingerprint density at radius 3 is 2.23 bits per heavy atom. The fourth-order valence-electron chi connectivity index (χ4n) is 2.92. The lowest BCUT2D eigenvalue weighted by Crippen LogP contribution is -2.54. The highest BCUT2D eigenvalue weighted by Gasteiger charge is 2.36. The van der Waals surface area contributed by atoms with E-state index in [0.29, 0.717) is 28.5 Å². The number of amides is 4. The number of carbonyl (C=O) groups excluding carboxylic acids is 3. The van der Waals surface area contributed by atoms with Gasteiger partial charge in [0.2, 0.25) is 0 Å². The molecule has 1 aliphatic rings. The average Bonchev–Trinajstić information content (AvgIpc) is 2.72. The van der Waals surface area contributed by atoms with Crippen LogP contribution in [0.15, 0.2) is 48.0 Å². The van der Waals surface area contributed by atoms with Gasteiger partial charge in [-0.05, 0) is 61.9 Å². The highest BCUT2D eigenvalue weighted by atomic mass is 16.5. The SMILES string of the molecule is COc1ccc(N2C(=O)NC(=O)C(=Cc3ccc(OC(C)C)c(OC)c3)C2=O)cc1. The molecule has 0 aliphatic carbocycles. The highest BCUT2D eigenvalue weighted by Crippen LogP contribution is 2.30. The maximum Gasteiger partial charge on any atom is 0.335 e. The van der Waals surface area contributed by atoms with Crippen molar-refractivity contribution in [1.29, 1.82) is 0 Å². The van der Waals surface area contributed by atoms with Gasteiger partial charge in [0.15, 0.2) is 11.5 Å². The number of nitrogens with one attached hydrogen (secondary N) is 1. The number of carbonyl (C=O) groups is 3. The van der Waals surface area contributed by atoms with Gasteiger partial charge in [0.05, 0.1) is 26.0 Å². The van der Waals surface area contributed by atoms with E-state index >= 15 is 0 Å². The van der Waals surface area contributed by atoms with Crippen LogP contribution in [0.3, 0.4) is 0 Å². The number of benzene rings is 2. The van der Waals surface area contributed by atoms with Crippen molar-refractivity contribution in [1.82, 2.24) is 5.32 Å². The molecule has 4 amide bonds. The van der Waals surface area contributed by atoms with E-state index in [9.17, 15) is 14.4 Å². The first-order valence-corrected chi connectivity index (χ1v) is 9.24. The summed E-state index contributed by atoms with van der Waals surface area (Å²) in [5.41, 5.74) is 0.686. The fraction of sp³-hybridized carbons (Fsp3) is 0.227. The number of rotatable bonds is 6. The summed E-state index contributed by atoms with van der Waals surface area (Å²) in [5, 5.41) is 2.20. The number of ether oxygens (including phenoxy) is 3. The summed E-state index contributed by atoms with van der Waals surface area (Å²) < 4.78 is 16.1. The van der Waals surface area contributed by atoms with E-state index in [2.05, 4.69) is 5.32 Å². The number of anilines is 1. The molecule has 30 heavy (non-hydrogen) atoms. The molecule has 1 heterocycles. The van der Waals surface area contributed by atoms with Gasteiger partial charge in [0.1, 0.15) is 11.3 Å². The summed E-state index contributed by atoms with van der Waals surface area (Å²) in [6.45, 7) is 3.79. The maximum absolute atomic E-state index is 13.0. The van der Waals surface area contributed by atoms with Crippen molar-refractivity contribution in [3.05, 3.63) is 53.6 Å². The van der Waals surface area contributed by atoms with Gasteiger partial charge < -0.3 is 14.2 Å². The Morgan fingerprint density at radius 2 is 1.63 bits per heavy atom. The minimum absolute atomic E-state index is 0.0436. The minimum Gasteiger partial charge on any atom is -0.497 e. The highest BCUT2D eigenvalue weighted by molar-refractivity contribution is 6.39. The standard InChI is InChI=1S/C22H22N2O6/c1-13(2)30-18-10-5-14(12-19(18)29-4)11-17-20(25)23-22(27)24(21(17)26)15-6-8-16(28-3)9-7-15/h5-13H,1-4H3,(H,23,25,27). The molecule has 8 heteroatoms. The quantitative estimate of drug-likeness (QED) is 0.581. The van der Waals surface area contributed by atoms with Crippen LogP contribution < -0.4 is 24.4 Å².